The summed E-state index contributed by atoms with van der Waals surface area (Å²) in [4.78, 5) is 33.8. The number of carbonyl (C=O) groups excluding carboxylic acids is 2. The van der Waals surface area contributed by atoms with Crippen LogP contribution in [0.5, 0.6) is 0 Å². The van der Waals surface area contributed by atoms with Crippen LogP contribution in [0.15, 0.2) is 54.6 Å². The third-order valence-corrected chi connectivity index (χ3v) is 5.81. The first-order valence-corrected chi connectivity index (χ1v) is 11.2. The number of amides is 2. The van der Waals surface area contributed by atoms with Gasteiger partial charge in [0.25, 0.3) is 0 Å². The molecule has 0 saturated heterocycles. The van der Waals surface area contributed by atoms with Crippen LogP contribution in [0.25, 0.3) is 10.9 Å². The lowest BCUT2D eigenvalue weighted by atomic mass is 10.0. The Hall–Kier alpha value is -3.68. The van der Waals surface area contributed by atoms with Crippen molar-refractivity contribution in [1.29, 1.82) is 0 Å². The molecule has 0 radical (unpaired) electrons. The molecule has 1 heterocycles. The van der Waals surface area contributed by atoms with Crippen LogP contribution in [0.4, 0.5) is 10.6 Å². The number of fused-ring (bicyclic) bond motifs is 1. The quantitative estimate of drug-likeness (QED) is 0.456. The highest BCUT2D eigenvalue weighted by Crippen LogP contribution is 2.40. The summed E-state index contributed by atoms with van der Waals surface area (Å²) in [7, 11) is 1.37. The topological polar surface area (TPSA) is 105 Å². The molecule has 33 heavy (non-hydrogen) atoms. The number of rotatable bonds is 8. The number of hydrogen-bond donors (Lipinski definition) is 3. The SMILES string of the molecule is COC(=O)[C@@H](Nc1nc(CNC(=O)N[C@@H]2C[C@H]2c2ccccc2)nc2ccccc12)C(C)C. The summed E-state index contributed by atoms with van der Waals surface area (Å²) in [6.45, 7) is 4.04. The van der Waals surface area contributed by atoms with Gasteiger partial charge in [-0.15, -0.1) is 0 Å². The molecule has 2 aromatic carbocycles. The molecule has 0 spiro atoms. The number of carbonyl (C=O) groups is 2. The highest BCUT2D eigenvalue weighted by Gasteiger charge is 2.39. The van der Waals surface area contributed by atoms with Gasteiger partial charge in [-0.05, 0) is 30.0 Å². The van der Waals surface area contributed by atoms with Crippen LogP contribution < -0.4 is 16.0 Å². The molecule has 172 valence electrons. The van der Waals surface area contributed by atoms with Crippen molar-refractivity contribution in [3.8, 4) is 0 Å². The van der Waals surface area contributed by atoms with Gasteiger partial charge in [-0.3, -0.25) is 0 Å². The fourth-order valence-corrected chi connectivity index (χ4v) is 3.89. The van der Waals surface area contributed by atoms with E-state index in [-0.39, 0.29) is 30.5 Å². The van der Waals surface area contributed by atoms with Gasteiger partial charge in [0.15, 0.2) is 5.82 Å². The number of anilines is 1. The Bertz CT molecular complexity index is 1140. The molecule has 0 bridgehead atoms. The first-order valence-electron chi connectivity index (χ1n) is 11.2. The first-order chi connectivity index (χ1) is 16.0. The summed E-state index contributed by atoms with van der Waals surface area (Å²) in [5.74, 6) is 0.983. The van der Waals surface area contributed by atoms with E-state index in [0.717, 1.165) is 17.3 Å². The highest BCUT2D eigenvalue weighted by molar-refractivity contribution is 5.91. The fourth-order valence-electron chi connectivity index (χ4n) is 3.89. The lowest BCUT2D eigenvalue weighted by Crippen LogP contribution is -2.37. The molecule has 4 rings (SSSR count). The van der Waals surface area contributed by atoms with Crippen molar-refractivity contribution in [2.45, 2.75) is 44.8 Å². The van der Waals surface area contributed by atoms with Crippen molar-refractivity contribution in [1.82, 2.24) is 20.6 Å². The molecule has 0 unspecified atom stereocenters. The smallest absolute Gasteiger partial charge is 0.328 e. The number of methoxy groups -OCH3 is 1. The fraction of sp³-hybridized carbons (Fsp3) is 0.360. The van der Waals surface area contributed by atoms with Crippen LogP contribution in [0, 0.1) is 5.92 Å². The second kappa shape index (κ2) is 9.85. The first kappa shape index (κ1) is 22.5. The van der Waals surface area contributed by atoms with Crippen molar-refractivity contribution < 1.29 is 14.3 Å². The van der Waals surface area contributed by atoms with E-state index in [0.29, 0.717) is 17.6 Å². The molecule has 8 heteroatoms. The van der Waals surface area contributed by atoms with E-state index >= 15 is 0 Å². The molecule has 3 N–H and O–H groups in total. The third-order valence-electron chi connectivity index (χ3n) is 5.81. The van der Waals surface area contributed by atoms with E-state index in [4.69, 9.17) is 4.74 Å². The summed E-state index contributed by atoms with van der Waals surface area (Å²) >= 11 is 0. The minimum atomic E-state index is -0.554. The van der Waals surface area contributed by atoms with Gasteiger partial charge in [-0.25, -0.2) is 19.6 Å². The van der Waals surface area contributed by atoms with E-state index in [1.165, 1.54) is 12.7 Å². The van der Waals surface area contributed by atoms with Gasteiger partial charge < -0.3 is 20.7 Å². The Morgan fingerprint density at radius 1 is 1.06 bits per heavy atom. The van der Waals surface area contributed by atoms with Gasteiger partial charge in [-0.1, -0.05) is 56.3 Å². The minimum Gasteiger partial charge on any atom is -0.467 e. The highest BCUT2D eigenvalue weighted by atomic mass is 16.5. The molecule has 0 aliphatic heterocycles. The number of benzene rings is 2. The number of hydrogen-bond acceptors (Lipinski definition) is 6. The van der Waals surface area contributed by atoms with Crippen LogP contribution in [0.1, 0.15) is 37.6 Å². The lowest BCUT2D eigenvalue weighted by Gasteiger charge is -2.21. The van der Waals surface area contributed by atoms with E-state index < -0.39 is 6.04 Å². The van der Waals surface area contributed by atoms with Crippen molar-refractivity contribution in [3.05, 3.63) is 66.0 Å². The van der Waals surface area contributed by atoms with Crippen LogP contribution >= 0.6 is 0 Å². The summed E-state index contributed by atoms with van der Waals surface area (Å²) in [6, 6.07) is 17.1. The standard InChI is InChI=1S/C25H29N5O3/c1-15(2)22(24(31)33-3)30-23-17-11-7-8-12-19(17)27-21(29-23)14-26-25(32)28-20-13-18(20)16-9-5-4-6-10-16/h4-12,15,18,20,22H,13-14H2,1-3H3,(H2,26,28,32)(H,27,29,30)/t18-,20+,22-/m0/s1. The second-order valence-corrected chi connectivity index (χ2v) is 8.58. The molecule has 1 aliphatic rings. The van der Waals surface area contributed by atoms with Crippen LogP contribution in [0.2, 0.25) is 0 Å². The number of para-hydroxylation sites is 1. The minimum absolute atomic E-state index is 0.00497. The number of nitrogens with one attached hydrogen (secondary N) is 3. The van der Waals surface area contributed by atoms with Crippen molar-refractivity contribution >= 4 is 28.7 Å². The molecule has 8 nitrogen and oxygen atoms in total. The predicted molar refractivity (Wildman–Crippen MR) is 127 cm³/mol. The molecule has 3 aromatic rings. The summed E-state index contributed by atoms with van der Waals surface area (Å²) in [5, 5.41) is 9.87. The molecule has 1 fully saturated rings. The van der Waals surface area contributed by atoms with Crippen LogP contribution in [-0.4, -0.2) is 41.2 Å². The molecule has 1 aromatic heterocycles. The molecular weight excluding hydrogens is 418 g/mol. The van der Waals surface area contributed by atoms with E-state index in [9.17, 15) is 9.59 Å². The van der Waals surface area contributed by atoms with Crippen LogP contribution in [-0.2, 0) is 16.1 Å². The zero-order valence-corrected chi connectivity index (χ0v) is 19.0. The number of nitrogens with zero attached hydrogens (tertiary/aromatic N) is 2. The Morgan fingerprint density at radius 2 is 1.79 bits per heavy atom. The maximum Gasteiger partial charge on any atom is 0.328 e. The molecule has 3 atom stereocenters. The molecule has 1 aliphatic carbocycles. The monoisotopic (exact) mass is 447 g/mol. The van der Waals surface area contributed by atoms with E-state index in [1.54, 1.807) is 0 Å². The summed E-state index contributed by atoms with van der Waals surface area (Å²) in [6.07, 6.45) is 0.933. The molecular formula is C25H29N5O3. The number of urea groups is 1. The maximum atomic E-state index is 12.4. The third kappa shape index (κ3) is 5.39. The zero-order valence-electron chi connectivity index (χ0n) is 19.0. The average molecular weight is 448 g/mol. The Balaban J connectivity index is 1.43. The van der Waals surface area contributed by atoms with Gasteiger partial charge in [0.1, 0.15) is 11.9 Å². The maximum absolute atomic E-state index is 12.4. The van der Waals surface area contributed by atoms with Crippen LogP contribution in [0.3, 0.4) is 0 Å². The predicted octanol–water partition coefficient (Wildman–Crippen LogP) is 3.59. The normalized spacial score (nSPS) is 17.9. The zero-order chi connectivity index (χ0) is 23.4. The average Bonchev–Trinajstić information content (AvgIpc) is 3.60. The number of esters is 1. The number of aromatic nitrogens is 2. The molecule has 2 amide bonds. The van der Waals surface area contributed by atoms with E-state index in [2.05, 4.69) is 38.1 Å². The summed E-state index contributed by atoms with van der Waals surface area (Å²) in [5.41, 5.74) is 1.97. The largest absolute Gasteiger partial charge is 0.467 e. The van der Waals surface area contributed by atoms with Gasteiger partial charge in [-0.2, -0.15) is 0 Å². The van der Waals surface area contributed by atoms with Gasteiger partial charge >= 0.3 is 12.0 Å². The lowest BCUT2D eigenvalue weighted by molar-refractivity contribution is -0.142. The second-order valence-electron chi connectivity index (χ2n) is 8.58. The molecule has 1 saturated carbocycles. The van der Waals surface area contributed by atoms with Crippen molar-refractivity contribution in [2.24, 2.45) is 5.92 Å². The van der Waals surface area contributed by atoms with Crippen molar-refractivity contribution in [2.75, 3.05) is 12.4 Å². The Kier molecular flexibility index (Phi) is 6.72. The van der Waals surface area contributed by atoms with E-state index in [1.807, 2.05) is 56.3 Å². The summed E-state index contributed by atoms with van der Waals surface area (Å²) < 4.78 is 4.94. The van der Waals surface area contributed by atoms with Gasteiger partial charge in [0.2, 0.25) is 0 Å². The number of ether oxygens (including phenoxy) is 1. The van der Waals surface area contributed by atoms with Crippen molar-refractivity contribution in [3.63, 3.8) is 0 Å². The van der Waals surface area contributed by atoms with Gasteiger partial charge in [0, 0.05) is 17.3 Å². The Morgan fingerprint density at radius 3 is 2.52 bits per heavy atom. The Labute approximate surface area is 193 Å². The van der Waals surface area contributed by atoms with Gasteiger partial charge in [0.05, 0.1) is 19.2 Å².